The third-order valence-electron chi connectivity index (χ3n) is 2.55. The lowest BCUT2D eigenvalue weighted by Gasteiger charge is -2.24. The average molecular weight is 199 g/mol. The molecular formula is C11H21NO2. The molecule has 0 radical (unpaired) electrons. The van der Waals surface area contributed by atoms with Gasteiger partial charge in [0.25, 0.3) is 0 Å². The lowest BCUT2D eigenvalue weighted by atomic mass is 10.0. The van der Waals surface area contributed by atoms with E-state index in [0.717, 1.165) is 6.42 Å². The molecule has 0 bridgehead atoms. The highest BCUT2D eigenvalue weighted by atomic mass is 16.5. The Labute approximate surface area is 86.2 Å². The third kappa shape index (κ3) is 4.22. The topological polar surface area (TPSA) is 41.5 Å². The molecule has 1 aliphatic carbocycles. The summed E-state index contributed by atoms with van der Waals surface area (Å²) in [7, 11) is 1.70. The molecule has 0 heterocycles. The number of aliphatic hydroxyl groups is 1. The number of nitrogens with one attached hydrogen (secondary N) is 1. The van der Waals surface area contributed by atoms with Gasteiger partial charge in [0.1, 0.15) is 0 Å². The van der Waals surface area contributed by atoms with Gasteiger partial charge in [0.05, 0.1) is 6.61 Å². The normalized spacial score (nSPS) is 23.7. The first-order valence-corrected chi connectivity index (χ1v) is 5.39. The van der Waals surface area contributed by atoms with Gasteiger partial charge in [-0.3, -0.25) is 0 Å². The van der Waals surface area contributed by atoms with Crippen LogP contribution in [0.2, 0.25) is 0 Å². The Bertz CT molecular complexity index is 165. The maximum atomic E-state index is 8.88. The van der Waals surface area contributed by atoms with Crippen molar-refractivity contribution in [3.8, 4) is 0 Å². The van der Waals surface area contributed by atoms with Crippen molar-refractivity contribution in [3.63, 3.8) is 0 Å². The largest absolute Gasteiger partial charge is 0.396 e. The Morgan fingerprint density at radius 3 is 3.07 bits per heavy atom. The van der Waals surface area contributed by atoms with Crippen molar-refractivity contribution in [2.24, 2.45) is 0 Å². The van der Waals surface area contributed by atoms with Crippen LogP contribution in [0, 0.1) is 0 Å². The van der Waals surface area contributed by atoms with Crippen molar-refractivity contribution in [3.05, 3.63) is 12.2 Å². The van der Waals surface area contributed by atoms with E-state index in [4.69, 9.17) is 9.84 Å². The first-order valence-electron chi connectivity index (χ1n) is 5.39. The summed E-state index contributed by atoms with van der Waals surface area (Å²) < 4.78 is 5.10. The van der Waals surface area contributed by atoms with Crippen LogP contribution in [0.1, 0.15) is 25.7 Å². The van der Waals surface area contributed by atoms with Crippen molar-refractivity contribution in [1.29, 1.82) is 0 Å². The fourth-order valence-corrected chi connectivity index (χ4v) is 1.83. The minimum atomic E-state index is 0.220. The summed E-state index contributed by atoms with van der Waals surface area (Å²) in [4.78, 5) is 0. The number of rotatable bonds is 6. The summed E-state index contributed by atoms with van der Waals surface area (Å²) in [6.07, 6.45) is 8.87. The molecule has 0 saturated carbocycles. The molecule has 0 spiro atoms. The van der Waals surface area contributed by atoms with Crippen LogP contribution < -0.4 is 5.32 Å². The predicted molar refractivity (Wildman–Crippen MR) is 57.3 cm³/mol. The monoisotopic (exact) mass is 199 g/mol. The Morgan fingerprint density at radius 1 is 1.64 bits per heavy atom. The van der Waals surface area contributed by atoms with Gasteiger partial charge in [0.2, 0.25) is 0 Å². The van der Waals surface area contributed by atoms with Crippen molar-refractivity contribution in [1.82, 2.24) is 5.32 Å². The van der Waals surface area contributed by atoms with Crippen LogP contribution in [-0.4, -0.2) is 37.5 Å². The van der Waals surface area contributed by atoms with Gasteiger partial charge in [-0.15, -0.1) is 0 Å². The SMILES string of the molecule is COCC(CCO)NC1C=CCCC1. The Balaban J connectivity index is 2.29. The second-order valence-corrected chi connectivity index (χ2v) is 3.80. The van der Waals surface area contributed by atoms with Gasteiger partial charge in [-0.25, -0.2) is 0 Å². The van der Waals surface area contributed by atoms with E-state index in [0.29, 0.717) is 12.6 Å². The highest BCUT2D eigenvalue weighted by molar-refractivity contribution is 4.98. The van der Waals surface area contributed by atoms with Gasteiger partial charge in [-0.2, -0.15) is 0 Å². The zero-order valence-electron chi connectivity index (χ0n) is 8.91. The molecule has 0 aromatic carbocycles. The first-order chi connectivity index (χ1) is 6.86. The molecule has 2 atom stereocenters. The number of allylic oxidation sites excluding steroid dienone is 1. The predicted octanol–water partition coefficient (Wildman–Crippen LogP) is 1.08. The Kier molecular flexibility index (Phi) is 5.83. The van der Waals surface area contributed by atoms with E-state index in [9.17, 15) is 0 Å². The zero-order chi connectivity index (χ0) is 10.2. The molecule has 3 heteroatoms. The Morgan fingerprint density at radius 2 is 2.50 bits per heavy atom. The number of ether oxygens (including phenoxy) is 1. The minimum Gasteiger partial charge on any atom is -0.396 e. The van der Waals surface area contributed by atoms with E-state index in [-0.39, 0.29) is 12.6 Å². The van der Waals surface area contributed by atoms with Crippen LogP contribution in [0.25, 0.3) is 0 Å². The molecule has 0 aromatic heterocycles. The summed E-state index contributed by atoms with van der Waals surface area (Å²) in [6.45, 7) is 0.891. The van der Waals surface area contributed by atoms with Gasteiger partial charge >= 0.3 is 0 Å². The Hall–Kier alpha value is -0.380. The van der Waals surface area contributed by atoms with Crippen LogP contribution in [0.15, 0.2) is 12.2 Å². The smallest absolute Gasteiger partial charge is 0.0616 e. The van der Waals surface area contributed by atoms with E-state index in [1.54, 1.807) is 7.11 Å². The van der Waals surface area contributed by atoms with Crippen molar-refractivity contribution < 1.29 is 9.84 Å². The number of aliphatic hydroxyl groups excluding tert-OH is 1. The summed E-state index contributed by atoms with van der Waals surface area (Å²) >= 11 is 0. The number of hydrogen-bond donors (Lipinski definition) is 2. The molecule has 0 saturated heterocycles. The second kappa shape index (κ2) is 6.98. The molecule has 2 unspecified atom stereocenters. The van der Waals surface area contributed by atoms with Crippen molar-refractivity contribution in [2.45, 2.75) is 37.8 Å². The van der Waals surface area contributed by atoms with E-state index >= 15 is 0 Å². The molecule has 1 aliphatic rings. The van der Waals surface area contributed by atoms with E-state index < -0.39 is 0 Å². The first kappa shape index (κ1) is 11.7. The summed E-state index contributed by atoms with van der Waals surface area (Å²) in [5, 5.41) is 12.4. The fraction of sp³-hybridized carbons (Fsp3) is 0.818. The molecule has 0 fully saturated rings. The van der Waals surface area contributed by atoms with E-state index in [2.05, 4.69) is 17.5 Å². The maximum absolute atomic E-state index is 8.88. The van der Waals surface area contributed by atoms with Gasteiger partial charge in [-0.1, -0.05) is 12.2 Å². The summed E-state index contributed by atoms with van der Waals surface area (Å²) in [5.41, 5.74) is 0. The van der Waals surface area contributed by atoms with Crippen LogP contribution >= 0.6 is 0 Å². The van der Waals surface area contributed by atoms with Crippen LogP contribution in [0.5, 0.6) is 0 Å². The fourth-order valence-electron chi connectivity index (χ4n) is 1.83. The highest BCUT2D eigenvalue weighted by Crippen LogP contribution is 2.11. The van der Waals surface area contributed by atoms with Crippen LogP contribution in [-0.2, 0) is 4.74 Å². The summed E-state index contributed by atoms with van der Waals surface area (Å²) in [5.74, 6) is 0. The molecule has 1 rings (SSSR count). The molecular weight excluding hydrogens is 178 g/mol. The number of hydrogen-bond acceptors (Lipinski definition) is 3. The quantitative estimate of drug-likeness (QED) is 0.629. The number of methoxy groups -OCH3 is 1. The van der Waals surface area contributed by atoms with Crippen LogP contribution in [0.3, 0.4) is 0 Å². The molecule has 2 N–H and O–H groups in total. The van der Waals surface area contributed by atoms with E-state index in [1.807, 2.05) is 0 Å². The van der Waals surface area contributed by atoms with Gasteiger partial charge in [0.15, 0.2) is 0 Å². The van der Waals surface area contributed by atoms with Gasteiger partial charge in [-0.05, 0) is 25.7 Å². The van der Waals surface area contributed by atoms with Gasteiger partial charge < -0.3 is 15.2 Å². The van der Waals surface area contributed by atoms with Crippen molar-refractivity contribution >= 4 is 0 Å². The summed E-state index contributed by atoms with van der Waals surface area (Å²) in [6, 6.07) is 0.744. The van der Waals surface area contributed by atoms with Crippen molar-refractivity contribution in [2.75, 3.05) is 20.3 Å². The molecule has 3 nitrogen and oxygen atoms in total. The van der Waals surface area contributed by atoms with E-state index in [1.165, 1.54) is 19.3 Å². The lowest BCUT2D eigenvalue weighted by molar-refractivity contribution is 0.144. The maximum Gasteiger partial charge on any atom is 0.0616 e. The molecule has 0 aliphatic heterocycles. The highest BCUT2D eigenvalue weighted by Gasteiger charge is 2.14. The van der Waals surface area contributed by atoms with Gasteiger partial charge in [0, 0.05) is 25.8 Å². The molecule has 82 valence electrons. The standard InChI is InChI=1S/C11H21NO2/c1-14-9-11(7-8-13)12-10-5-3-2-4-6-10/h3,5,10-13H,2,4,6-9H2,1H3. The third-order valence-corrected chi connectivity index (χ3v) is 2.55. The second-order valence-electron chi connectivity index (χ2n) is 3.80. The molecule has 0 amide bonds. The van der Waals surface area contributed by atoms with Crippen LogP contribution in [0.4, 0.5) is 0 Å². The molecule has 0 aromatic rings. The zero-order valence-corrected chi connectivity index (χ0v) is 8.91. The minimum absolute atomic E-state index is 0.220. The molecule has 14 heavy (non-hydrogen) atoms. The lowest BCUT2D eigenvalue weighted by Crippen LogP contribution is -2.41. The average Bonchev–Trinajstić information content (AvgIpc) is 2.20.